The highest BCUT2D eigenvalue weighted by Crippen LogP contribution is 2.07. The fourth-order valence-corrected chi connectivity index (χ4v) is 2.71. The van der Waals surface area contributed by atoms with E-state index in [-0.39, 0.29) is 18.9 Å². The summed E-state index contributed by atoms with van der Waals surface area (Å²) < 4.78 is 0. The number of thiazole rings is 1. The van der Waals surface area contributed by atoms with Crippen molar-refractivity contribution in [2.24, 2.45) is 0 Å². The van der Waals surface area contributed by atoms with Crippen LogP contribution in [0.25, 0.3) is 0 Å². The van der Waals surface area contributed by atoms with Gasteiger partial charge >= 0.3 is 5.97 Å². The van der Waals surface area contributed by atoms with Gasteiger partial charge in [-0.25, -0.2) is 4.98 Å². The van der Waals surface area contributed by atoms with Gasteiger partial charge in [-0.2, -0.15) is 0 Å². The number of carboxylic acid groups (broad SMARTS) is 1. The molecule has 1 amide bonds. The van der Waals surface area contributed by atoms with Gasteiger partial charge in [-0.05, 0) is 18.4 Å². The normalized spacial score (nSPS) is 10.4. The average Bonchev–Trinajstić information content (AvgIpc) is 3.03. The Labute approximate surface area is 133 Å². The summed E-state index contributed by atoms with van der Waals surface area (Å²) >= 11 is 1.49. The Balaban J connectivity index is 1.89. The number of aliphatic carboxylic acids is 1. The van der Waals surface area contributed by atoms with E-state index in [1.807, 2.05) is 35.7 Å². The molecule has 5 nitrogen and oxygen atoms in total. The number of aryl methyl sites for hydroxylation is 1. The second-order valence-corrected chi connectivity index (χ2v) is 5.64. The van der Waals surface area contributed by atoms with Crippen LogP contribution in [0.1, 0.15) is 17.7 Å². The maximum atomic E-state index is 12.2. The van der Waals surface area contributed by atoms with Gasteiger partial charge < -0.3 is 10.0 Å². The second-order valence-electron chi connectivity index (χ2n) is 4.92. The molecule has 2 rings (SSSR count). The van der Waals surface area contributed by atoms with Crippen LogP contribution in [0.15, 0.2) is 41.2 Å². The molecule has 0 radical (unpaired) electrons. The Morgan fingerprint density at radius 3 is 2.59 bits per heavy atom. The lowest BCUT2D eigenvalue weighted by atomic mass is 10.1. The monoisotopic (exact) mass is 318 g/mol. The first-order valence-electron chi connectivity index (χ1n) is 7.05. The summed E-state index contributed by atoms with van der Waals surface area (Å²) in [6.07, 6.45) is 1.48. The van der Waals surface area contributed by atoms with Crippen LogP contribution in [-0.4, -0.2) is 40.0 Å². The van der Waals surface area contributed by atoms with Crippen molar-refractivity contribution in [3.8, 4) is 0 Å². The van der Waals surface area contributed by atoms with Crippen LogP contribution in [0.4, 0.5) is 0 Å². The van der Waals surface area contributed by atoms with Crippen molar-refractivity contribution in [1.82, 2.24) is 9.88 Å². The molecular formula is C16H18N2O3S. The van der Waals surface area contributed by atoms with Crippen molar-refractivity contribution in [2.45, 2.75) is 19.3 Å². The molecule has 0 saturated carbocycles. The third kappa shape index (κ3) is 5.29. The minimum absolute atomic E-state index is 0.147. The van der Waals surface area contributed by atoms with Crippen molar-refractivity contribution in [1.29, 1.82) is 0 Å². The van der Waals surface area contributed by atoms with E-state index in [1.54, 1.807) is 5.51 Å². The number of carbonyl (C=O) groups excluding carboxylic acids is 1. The van der Waals surface area contributed by atoms with Crippen molar-refractivity contribution in [3.05, 3.63) is 52.5 Å². The van der Waals surface area contributed by atoms with Crippen LogP contribution in [0.2, 0.25) is 0 Å². The summed E-state index contributed by atoms with van der Waals surface area (Å²) in [5.41, 5.74) is 3.69. The van der Waals surface area contributed by atoms with E-state index in [0.29, 0.717) is 19.4 Å². The smallest absolute Gasteiger partial charge is 0.323 e. The third-order valence-electron chi connectivity index (χ3n) is 3.27. The molecule has 1 heterocycles. The molecule has 0 bridgehead atoms. The van der Waals surface area contributed by atoms with Gasteiger partial charge in [0.05, 0.1) is 11.2 Å². The molecule has 0 atom stereocenters. The molecule has 0 spiro atoms. The van der Waals surface area contributed by atoms with E-state index in [4.69, 9.17) is 5.11 Å². The molecule has 1 aromatic carbocycles. The predicted octanol–water partition coefficient (Wildman–Crippen LogP) is 2.23. The zero-order valence-electron chi connectivity index (χ0n) is 12.1. The molecule has 0 fully saturated rings. The molecule has 0 unspecified atom stereocenters. The first-order chi connectivity index (χ1) is 10.6. The van der Waals surface area contributed by atoms with Gasteiger partial charge in [-0.15, -0.1) is 11.3 Å². The minimum atomic E-state index is -0.991. The molecule has 2 aromatic rings. The molecule has 1 aromatic heterocycles. The standard InChI is InChI=1S/C16H18N2O3S/c19-15(7-6-14-11-22-12-17-14)18(10-16(20)21)9-8-13-4-2-1-3-5-13/h1-5,11-12H,6-10H2,(H,20,21). The lowest BCUT2D eigenvalue weighted by Crippen LogP contribution is -2.37. The second kappa shape index (κ2) is 8.29. The van der Waals surface area contributed by atoms with E-state index in [0.717, 1.165) is 11.3 Å². The number of carboxylic acids is 1. The molecule has 0 aliphatic rings. The summed E-state index contributed by atoms with van der Waals surface area (Å²) in [4.78, 5) is 28.7. The maximum absolute atomic E-state index is 12.2. The number of nitrogens with zero attached hydrogens (tertiary/aromatic N) is 2. The highest BCUT2D eigenvalue weighted by molar-refractivity contribution is 7.07. The number of benzene rings is 1. The van der Waals surface area contributed by atoms with E-state index < -0.39 is 5.97 Å². The van der Waals surface area contributed by atoms with Gasteiger partial charge in [0.15, 0.2) is 0 Å². The number of hydrogen-bond acceptors (Lipinski definition) is 4. The molecule has 1 N–H and O–H groups in total. The first kappa shape index (κ1) is 16.2. The summed E-state index contributed by atoms with van der Waals surface area (Å²) in [6.45, 7) is 0.148. The predicted molar refractivity (Wildman–Crippen MR) is 84.8 cm³/mol. The minimum Gasteiger partial charge on any atom is -0.480 e. The fourth-order valence-electron chi connectivity index (χ4n) is 2.12. The van der Waals surface area contributed by atoms with Gasteiger partial charge in [-0.1, -0.05) is 30.3 Å². The number of hydrogen-bond donors (Lipinski definition) is 1. The van der Waals surface area contributed by atoms with E-state index >= 15 is 0 Å². The summed E-state index contributed by atoms with van der Waals surface area (Å²) in [6, 6.07) is 9.73. The fraction of sp³-hybridized carbons (Fsp3) is 0.312. The number of aromatic nitrogens is 1. The van der Waals surface area contributed by atoms with Gasteiger partial charge in [0.1, 0.15) is 6.54 Å². The zero-order chi connectivity index (χ0) is 15.8. The van der Waals surface area contributed by atoms with Crippen LogP contribution >= 0.6 is 11.3 Å². The molecule has 0 saturated heterocycles. The van der Waals surface area contributed by atoms with Gasteiger partial charge in [0, 0.05) is 18.3 Å². The van der Waals surface area contributed by atoms with Gasteiger partial charge in [0.25, 0.3) is 0 Å². The van der Waals surface area contributed by atoms with Gasteiger partial charge in [0.2, 0.25) is 5.91 Å². The Bertz CT molecular complexity index is 599. The summed E-state index contributed by atoms with van der Waals surface area (Å²) in [5.74, 6) is -1.14. The number of rotatable bonds is 8. The summed E-state index contributed by atoms with van der Waals surface area (Å²) in [7, 11) is 0. The molecular weight excluding hydrogens is 300 g/mol. The molecule has 22 heavy (non-hydrogen) atoms. The topological polar surface area (TPSA) is 70.5 Å². The SMILES string of the molecule is O=C(O)CN(CCc1ccccc1)C(=O)CCc1cscn1. The van der Waals surface area contributed by atoms with Crippen LogP contribution in [0.5, 0.6) is 0 Å². The Morgan fingerprint density at radius 1 is 1.18 bits per heavy atom. The van der Waals surface area contributed by atoms with E-state index in [2.05, 4.69) is 4.98 Å². The highest BCUT2D eigenvalue weighted by Gasteiger charge is 2.16. The lowest BCUT2D eigenvalue weighted by molar-refractivity contribution is -0.144. The van der Waals surface area contributed by atoms with Crippen molar-refractivity contribution >= 4 is 23.2 Å². The van der Waals surface area contributed by atoms with Crippen LogP contribution in [-0.2, 0) is 22.4 Å². The molecule has 6 heteroatoms. The van der Waals surface area contributed by atoms with Crippen molar-refractivity contribution < 1.29 is 14.7 Å². The number of carbonyl (C=O) groups is 2. The quantitative estimate of drug-likeness (QED) is 0.810. The third-order valence-corrected chi connectivity index (χ3v) is 3.91. The summed E-state index contributed by atoms with van der Waals surface area (Å²) in [5, 5.41) is 10.9. The number of amides is 1. The van der Waals surface area contributed by atoms with Crippen molar-refractivity contribution in [3.63, 3.8) is 0 Å². The van der Waals surface area contributed by atoms with Crippen molar-refractivity contribution in [2.75, 3.05) is 13.1 Å². The Hall–Kier alpha value is -2.21. The first-order valence-corrected chi connectivity index (χ1v) is 8.00. The maximum Gasteiger partial charge on any atom is 0.323 e. The van der Waals surface area contributed by atoms with Gasteiger partial charge in [-0.3, -0.25) is 9.59 Å². The van der Waals surface area contributed by atoms with Crippen LogP contribution in [0, 0.1) is 0 Å². The molecule has 116 valence electrons. The Kier molecular flexibility index (Phi) is 6.09. The highest BCUT2D eigenvalue weighted by atomic mass is 32.1. The average molecular weight is 318 g/mol. The molecule has 0 aliphatic heterocycles. The lowest BCUT2D eigenvalue weighted by Gasteiger charge is -2.20. The van der Waals surface area contributed by atoms with Crippen LogP contribution in [0.3, 0.4) is 0 Å². The molecule has 0 aliphatic carbocycles. The van der Waals surface area contributed by atoms with E-state index in [9.17, 15) is 9.59 Å². The largest absolute Gasteiger partial charge is 0.480 e. The van der Waals surface area contributed by atoms with Crippen LogP contribution < -0.4 is 0 Å². The Morgan fingerprint density at radius 2 is 1.95 bits per heavy atom. The zero-order valence-corrected chi connectivity index (χ0v) is 13.0. The van der Waals surface area contributed by atoms with E-state index in [1.165, 1.54) is 16.2 Å².